The number of benzene rings is 2. The predicted octanol–water partition coefficient (Wildman–Crippen LogP) is 3.67. The second-order valence-corrected chi connectivity index (χ2v) is 7.73. The molecule has 0 spiro atoms. The van der Waals surface area contributed by atoms with E-state index >= 15 is 0 Å². The second-order valence-electron chi connectivity index (χ2n) is 7.73. The number of fused-ring (bicyclic) bond motifs is 2. The molecule has 0 aromatic heterocycles. The Kier molecular flexibility index (Phi) is 6.23. The smallest absolute Gasteiger partial charge is 0.188 e. The fourth-order valence-electron chi connectivity index (χ4n) is 4.39. The lowest BCUT2D eigenvalue weighted by Gasteiger charge is -2.48. The minimum atomic E-state index is -0.545. The highest BCUT2D eigenvalue weighted by atomic mass is 19.1. The highest BCUT2D eigenvalue weighted by Gasteiger charge is 2.41. The molecule has 0 aliphatic carbocycles. The van der Waals surface area contributed by atoms with Crippen molar-refractivity contribution in [3.8, 4) is 5.75 Å². The summed E-state index contributed by atoms with van der Waals surface area (Å²) in [5.41, 5.74) is 1.39. The number of carbonyl (C=O) groups excluding carboxylic acids is 1. The number of halogens is 1. The molecule has 0 amide bonds. The molecule has 2 unspecified atom stereocenters. The summed E-state index contributed by atoms with van der Waals surface area (Å²) in [5.74, 6) is -0.515. The van der Waals surface area contributed by atoms with Crippen molar-refractivity contribution in [2.24, 2.45) is 5.92 Å². The van der Waals surface area contributed by atoms with Crippen LogP contribution in [0.2, 0.25) is 0 Å². The monoisotopic (exact) mass is 399 g/mol. The number of ketones is 1. The summed E-state index contributed by atoms with van der Waals surface area (Å²) in [7, 11) is 1.50. The number of ether oxygens (including phenoxy) is 3. The Hall–Kier alpha value is -2.28. The number of carbonyl (C=O) groups is 1. The Morgan fingerprint density at radius 3 is 2.52 bits per heavy atom. The minimum Gasteiger partial charge on any atom is -0.467 e. The number of rotatable bonds is 7. The number of morpholine rings is 1. The molecule has 6 heteroatoms. The van der Waals surface area contributed by atoms with Crippen LogP contribution in [0.5, 0.6) is 5.75 Å². The molecule has 154 valence electrons. The maximum Gasteiger partial charge on any atom is 0.188 e. The fraction of sp³-hybridized carbons (Fsp3) is 0.435. The maximum absolute atomic E-state index is 14.6. The van der Waals surface area contributed by atoms with E-state index in [0.717, 1.165) is 6.54 Å². The van der Waals surface area contributed by atoms with E-state index in [1.807, 2.05) is 18.2 Å². The molecule has 2 aliphatic rings. The first-order valence-corrected chi connectivity index (χ1v) is 9.98. The molecule has 0 radical (unpaired) electrons. The van der Waals surface area contributed by atoms with Gasteiger partial charge in [0.2, 0.25) is 0 Å². The first-order chi connectivity index (χ1) is 14.2. The van der Waals surface area contributed by atoms with E-state index < -0.39 is 5.82 Å². The zero-order valence-corrected chi connectivity index (χ0v) is 16.6. The lowest BCUT2D eigenvalue weighted by Crippen LogP contribution is -2.57. The van der Waals surface area contributed by atoms with Gasteiger partial charge in [0, 0.05) is 37.7 Å². The molecular weight excluding hydrogens is 373 g/mol. The molecule has 2 aliphatic heterocycles. The largest absolute Gasteiger partial charge is 0.467 e. The van der Waals surface area contributed by atoms with E-state index in [1.165, 1.54) is 24.8 Å². The first kappa shape index (κ1) is 20.0. The van der Waals surface area contributed by atoms with Crippen LogP contribution in [0, 0.1) is 11.7 Å². The van der Waals surface area contributed by atoms with Crippen LogP contribution in [0.15, 0.2) is 48.5 Å². The molecule has 4 rings (SSSR count). The van der Waals surface area contributed by atoms with E-state index in [2.05, 4.69) is 17.0 Å². The summed E-state index contributed by atoms with van der Waals surface area (Å²) < 4.78 is 30.4. The maximum atomic E-state index is 14.6. The predicted molar refractivity (Wildman–Crippen MR) is 106 cm³/mol. The molecule has 2 atom stereocenters. The molecule has 2 bridgehead atoms. The van der Waals surface area contributed by atoms with Crippen LogP contribution in [0.1, 0.15) is 28.8 Å². The van der Waals surface area contributed by atoms with Gasteiger partial charge in [-0.05, 0) is 30.5 Å². The molecule has 29 heavy (non-hydrogen) atoms. The summed E-state index contributed by atoms with van der Waals surface area (Å²) in [6, 6.07) is 15.1. The Labute approximate surface area is 170 Å². The van der Waals surface area contributed by atoms with Crippen LogP contribution in [-0.4, -0.2) is 49.9 Å². The Bertz CT molecular complexity index is 830. The lowest BCUT2D eigenvalue weighted by atomic mass is 9.80. The molecule has 2 heterocycles. The van der Waals surface area contributed by atoms with E-state index in [0.29, 0.717) is 31.8 Å². The van der Waals surface area contributed by atoms with Crippen LogP contribution in [0.25, 0.3) is 0 Å². The van der Waals surface area contributed by atoms with Crippen molar-refractivity contribution in [3.05, 3.63) is 65.5 Å². The second kappa shape index (κ2) is 9.03. The van der Waals surface area contributed by atoms with Gasteiger partial charge in [-0.25, -0.2) is 4.39 Å². The molecular formula is C23H26FNO4. The third-order valence-electron chi connectivity index (χ3n) is 5.80. The van der Waals surface area contributed by atoms with Crippen LogP contribution in [-0.2, 0) is 16.0 Å². The van der Waals surface area contributed by atoms with Crippen molar-refractivity contribution in [1.82, 2.24) is 4.90 Å². The fourth-order valence-corrected chi connectivity index (χ4v) is 4.39. The number of piperidine rings is 1. The summed E-state index contributed by atoms with van der Waals surface area (Å²) in [5, 5.41) is 0. The average Bonchev–Trinajstić information content (AvgIpc) is 2.72. The zero-order valence-electron chi connectivity index (χ0n) is 16.6. The van der Waals surface area contributed by atoms with Crippen LogP contribution in [0.3, 0.4) is 0 Å². The van der Waals surface area contributed by atoms with Gasteiger partial charge in [-0.3, -0.25) is 9.69 Å². The zero-order chi connectivity index (χ0) is 20.2. The van der Waals surface area contributed by atoms with Crippen molar-refractivity contribution >= 4 is 5.78 Å². The topological polar surface area (TPSA) is 48.0 Å². The third-order valence-corrected chi connectivity index (χ3v) is 5.80. The van der Waals surface area contributed by atoms with Gasteiger partial charge >= 0.3 is 0 Å². The minimum absolute atomic E-state index is 0.0377. The molecule has 2 aromatic carbocycles. The van der Waals surface area contributed by atoms with Gasteiger partial charge in [-0.1, -0.05) is 30.3 Å². The Morgan fingerprint density at radius 2 is 1.86 bits per heavy atom. The number of hydrogen-bond donors (Lipinski definition) is 0. The molecule has 5 nitrogen and oxygen atoms in total. The van der Waals surface area contributed by atoms with Gasteiger partial charge in [-0.2, -0.15) is 0 Å². The van der Waals surface area contributed by atoms with E-state index in [1.54, 1.807) is 6.07 Å². The highest BCUT2D eigenvalue weighted by Crippen LogP contribution is 2.35. The van der Waals surface area contributed by atoms with E-state index in [9.17, 15) is 9.18 Å². The normalized spacial score (nSPS) is 24.3. The third kappa shape index (κ3) is 4.50. The van der Waals surface area contributed by atoms with Gasteiger partial charge in [0.15, 0.2) is 12.6 Å². The number of hydrogen-bond acceptors (Lipinski definition) is 5. The van der Waals surface area contributed by atoms with E-state index in [-0.39, 0.29) is 36.1 Å². The quantitative estimate of drug-likeness (QED) is 0.525. The van der Waals surface area contributed by atoms with Crippen molar-refractivity contribution in [2.45, 2.75) is 31.5 Å². The Morgan fingerprint density at radius 1 is 1.14 bits per heavy atom. The molecule has 2 saturated heterocycles. The van der Waals surface area contributed by atoms with Gasteiger partial charge < -0.3 is 14.2 Å². The van der Waals surface area contributed by atoms with Gasteiger partial charge in [0.25, 0.3) is 0 Å². The molecule has 2 aromatic rings. The molecule has 2 fully saturated rings. The summed E-state index contributed by atoms with van der Waals surface area (Å²) >= 11 is 0. The first-order valence-electron chi connectivity index (χ1n) is 9.98. The Balaban J connectivity index is 1.46. The van der Waals surface area contributed by atoms with E-state index in [4.69, 9.17) is 14.2 Å². The average molecular weight is 399 g/mol. The SMILES string of the molecule is COCOc1ccc(C(=O)C2CC3COCC(C2)N3Cc2ccccc2)c(F)c1. The highest BCUT2D eigenvalue weighted by molar-refractivity contribution is 5.98. The van der Waals surface area contributed by atoms with Crippen molar-refractivity contribution in [1.29, 1.82) is 0 Å². The van der Waals surface area contributed by atoms with Crippen molar-refractivity contribution in [2.75, 3.05) is 27.1 Å². The summed E-state index contributed by atoms with van der Waals surface area (Å²) in [6.45, 7) is 2.11. The molecule has 0 N–H and O–H groups in total. The summed E-state index contributed by atoms with van der Waals surface area (Å²) in [4.78, 5) is 15.5. The number of nitrogens with zero attached hydrogens (tertiary/aromatic N) is 1. The van der Waals surface area contributed by atoms with Crippen LogP contribution >= 0.6 is 0 Å². The summed E-state index contributed by atoms with van der Waals surface area (Å²) in [6.07, 6.45) is 1.37. The van der Waals surface area contributed by atoms with Crippen molar-refractivity contribution in [3.63, 3.8) is 0 Å². The standard InChI is InChI=1S/C23H26FNO4/c1-27-15-29-20-7-8-21(22(24)11-20)23(26)17-9-18-13-28-14-19(10-17)25(18)12-16-5-3-2-4-6-16/h2-8,11,17-19H,9-10,12-15H2,1H3. The number of methoxy groups -OCH3 is 1. The molecule has 0 saturated carbocycles. The van der Waals surface area contributed by atoms with Gasteiger partial charge in [-0.15, -0.1) is 0 Å². The van der Waals surface area contributed by atoms with Gasteiger partial charge in [0.1, 0.15) is 11.6 Å². The van der Waals surface area contributed by atoms with Gasteiger partial charge in [0.05, 0.1) is 18.8 Å². The van der Waals surface area contributed by atoms with Crippen molar-refractivity contribution < 1.29 is 23.4 Å². The lowest BCUT2D eigenvalue weighted by molar-refractivity contribution is -0.0873. The van der Waals surface area contributed by atoms with Crippen LogP contribution in [0.4, 0.5) is 4.39 Å². The number of Topliss-reactive ketones (excluding diaryl/α,β-unsaturated/α-hetero) is 1. The van der Waals surface area contributed by atoms with Crippen LogP contribution < -0.4 is 4.74 Å².